The van der Waals surface area contributed by atoms with Gasteiger partial charge in [0.2, 0.25) is 0 Å². The maximum absolute atomic E-state index is 13.8. The van der Waals surface area contributed by atoms with Gasteiger partial charge in [-0.15, -0.1) is 11.3 Å². The molecule has 0 saturated carbocycles. The minimum absolute atomic E-state index is 0.0273. The van der Waals surface area contributed by atoms with Crippen molar-refractivity contribution in [2.24, 2.45) is 4.99 Å². The van der Waals surface area contributed by atoms with Crippen LogP contribution in [-0.4, -0.2) is 69.2 Å². The number of carbonyl (C=O) groups excluding carboxylic acids is 1. The number of benzene rings is 1. The number of rotatable bonds is 6. The van der Waals surface area contributed by atoms with Crippen LogP contribution in [0.5, 0.6) is 0 Å². The summed E-state index contributed by atoms with van der Waals surface area (Å²) < 4.78 is 47.9. The van der Waals surface area contributed by atoms with E-state index in [4.69, 9.17) is 8.92 Å². The molecule has 0 radical (unpaired) electrons. The van der Waals surface area contributed by atoms with Crippen molar-refractivity contribution in [3.8, 4) is 0 Å². The number of hydrogen-bond acceptors (Lipinski definition) is 10. The minimum Gasteiger partial charge on any atom is -0.379 e. The Bertz CT molecular complexity index is 1210. The molecule has 1 N–H and O–H groups in total. The van der Waals surface area contributed by atoms with E-state index in [1.807, 2.05) is 0 Å². The quantitative estimate of drug-likeness (QED) is 0.537. The van der Waals surface area contributed by atoms with Gasteiger partial charge >= 0.3 is 16.1 Å². The first-order chi connectivity index (χ1) is 15.7. The number of carbonyl (C=O) groups is 1. The molecule has 2 aromatic rings. The lowest BCUT2D eigenvalue weighted by molar-refractivity contribution is -0.130. The molecule has 9 nitrogen and oxygen atoms in total. The summed E-state index contributed by atoms with van der Waals surface area (Å²) in [6.07, 6.45) is 2.43. The van der Waals surface area contributed by atoms with E-state index in [1.54, 1.807) is 11.6 Å². The predicted octanol–water partition coefficient (Wildman–Crippen LogP) is 2.22. The summed E-state index contributed by atoms with van der Waals surface area (Å²) in [5.74, 6) is -1.09. The van der Waals surface area contributed by atoms with Gasteiger partial charge in [-0.3, -0.25) is 4.90 Å². The Labute approximate surface area is 202 Å². The van der Waals surface area contributed by atoms with Gasteiger partial charge in [-0.05, 0) is 17.7 Å². The second kappa shape index (κ2) is 9.97. The highest BCUT2D eigenvalue weighted by Crippen LogP contribution is 2.35. The summed E-state index contributed by atoms with van der Waals surface area (Å²) >= 11 is 4.71. The van der Waals surface area contributed by atoms with Crippen molar-refractivity contribution in [3.05, 3.63) is 61.9 Å². The van der Waals surface area contributed by atoms with Gasteiger partial charge in [-0.1, -0.05) is 22.0 Å². The van der Waals surface area contributed by atoms with Crippen molar-refractivity contribution in [2.75, 3.05) is 39.1 Å². The van der Waals surface area contributed by atoms with E-state index in [0.717, 1.165) is 6.26 Å². The molecule has 0 amide bonds. The zero-order valence-electron chi connectivity index (χ0n) is 17.5. The first-order valence-electron chi connectivity index (χ1n) is 9.88. The van der Waals surface area contributed by atoms with Crippen LogP contribution in [0.15, 0.2) is 50.5 Å². The van der Waals surface area contributed by atoms with Crippen LogP contribution in [0.25, 0.3) is 0 Å². The highest BCUT2D eigenvalue weighted by molar-refractivity contribution is 9.10. The fourth-order valence-electron chi connectivity index (χ4n) is 3.53. The SMILES string of the molecule is CS(=O)(=O)OC(=O)C1=C(CN2CCOCC2)N=C(c2nccs2)NC1c1ccc(F)cc1Br. The largest absolute Gasteiger partial charge is 0.379 e. The fourth-order valence-corrected chi connectivity index (χ4v) is 5.06. The van der Waals surface area contributed by atoms with Gasteiger partial charge in [-0.25, -0.2) is 19.2 Å². The number of nitrogens with zero attached hydrogens (tertiary/aromatic N) is 3. The van der Waals surface area contributed by atoms with Crippen LogP contribution in [0.4, 0.5) is 4.39 Å². The summed E-state index contributed by atoms with van der Waals surface area (Å²) in [7, 11) is -4.08. The normalized spacial score (nSPS) is 19.7. The minimum atomic E-state index is -4.08. The Morgan fingerprint density at radius 2 is 2.15 bits per heavy atom. The maximum atomic E-state index is 13.8. The number of aliphatic imine (C=N–C) groups is 1. The maximum Gasteiger partial charge on any atom is 0.354 e. The number of halogens is 2. The van der Waals surface area contributed by atoms with Crippen molar-refractivity contribution in [1.29, 1.82) is 0 Å². The Morgan fingerprint density at radius 3 is 2.79 bits per heavy atom. The summed E-state index contributed by atoms with van der Waals surface area (Å²) in [6.45, 7) is 2.58. The van der Waals surface area contributed by atoms with Gasteiger partial charge in [0.15, 0.2) is 10.8 Å². The molecule has 33 heavy (non-hydrogen) atoms. The second-order valence-electron chi connectivity index (χ2n) is 7.36. The van der Waals surface area contributed by atoms with Crippen LogP contribution in [0.3, 0.4) is 0 Å². The van der Waals surface area contributed by atoms with Crippen LogP contribution in [-0.2, 0) is 23.8 Å². The van der Waals surface area contributed by atoms with Gasteiger partial charge in [0.25, 0.3) is 0 Å². The highest BCUT2D eigenvalue weighted by Gasteiger charge is 2.36. The molecule has 1 unspecified atom stereocenters. The zero-order chi connectivity index (χ0) is 23.6. The van der Waals surface area contributed by atoms with Gasteiger partial charge in [0, 0.05) is 35.7 Å². The molecule has 2 aliphatic rings. The zero-order valence-corrected chi connectivity index (χ0v) is 20.7. The van der Waals surface area contributed by atoms with Gasteiger partial charge in [0.05, 0.1) is 36.8 Å². The van der Waals surface area contributed by atoms with Crippen LogP contribution < -0.4 is 5.32 Å². The van der Waals surface area contributed by atoms with Crippen molar-refractivity contribution in [3.63, 3.8) is 0 Å². The third-order valence-corrected chi connectivity index (χ3v) is 6.88. The Hall–Kier alpha value is -2.19. The van der Waals surface area contributed by atoms with Crippen LogP contribution >= 0.6 is 27.3 Å². The first kappa shape index (κ1) is 24.0. The molecule has 4 rings (SSSR count). The molecule has 1 aromatic carbocycles. The molecular weight excluding hydrogens is 539 g/mol. The third-order valence-electron chi connectivity index (χ3n) is 4.96. The van der Waals surface area contributed by atoms with Crippen molar-refractivity contribution in [2.45, 2.75) is 6.04 Å². The van der Waals surface area contributed by atoms with Crippen LogP contribution in [0, 0.1) is 5.82 Å². The highest BCUT2D eigenvalue weighted by atomic mass is 79.9. The third kappa shape index (κ3) is 5.84. The van der Waals surface area contributed by atoms with Gasteiger partial charge in [-0.2, -0.15) is 8.42 Å². The first-order valence-corrected chi connectivity index (χ1v) is 13.4. The summed E-state index contributed by atoms with van der Waals surface area (Å²) in [5.41, 5.74) is 0.885. The second-order valence-corrected chi connectivity index (χ2v) is 10.7. The van der Waals surface area contributed by atoms with E-state index in [2.05, 4.69) is 36.1 Å². The lowest BCUT2D eigenvalue weighted by Crippen LogP contribution is -2.42. The van der Waals surface area contributed by atoms with E-state index < -0.39 is 27.9 Å². The summed E-state index contributed by atoms with van der Waals surface area (Å²) in [6, 6.07) is 3.19. The lowest BCUT2D eigenvalue weighted by atomic mass is 9.95. The molecule has 0 spiro atoms. The molecule has 3 heterocycles. The van der Waals surface area contributed by atoms with Crippen molar-refractivity contribution >= 4 is 49.2 Å². The van der Waals surface area contributed by atoms with E-state index in [1.165, 1.54) is 29.5 Å². The number of ether oxygens (including phenoxy) is 1. The van der Waals surface area contributed by atoms with Crippen LogP contribution in [0.1, 0.15) is 16.6 Å². The summed E-state index contributed by atoms with van der Waals surface area (Å²) in [4.78, 5) is 24.1. The number of hydrogen-bond donors (Lipinski definition) is 1. The van der Waals surface area contributed by atoms with E-state index >= 15 is 0 Å². The number of aromatic nitrogens is 1. The Kier molecular flexibility index (Phi) is 7.24. The van der Waals surface area contributed by atoms with Gasteiger partial charge in [0.1, 0.15) is 5.82 Å². The average Bonchev–Trinajstić information content (AvgIpc) is 3.28. The van der Waals surface area contributed by atoms with E-state index in [9.17, 15) is 17.6 Å². The Morgan fingerprint density at radius 1 is 1.39 bits per heavy atom. The molecule has 1 saturated heterocycles. The number of morpholine rings is 1. The molecule has 0 aliphatic carbocycles. The average molecular weight is 559 g/mol. The fraction of sp³-hybridized carbons (Fsp3) is 0.350. The lowest BCUT2D eigenvalue weighted by Gasteiger charge is -2.32. The number of thiazole rings is 1. The smallest absolute Gasteiger partial charge is 0.354 e. The molecular formula is C20H20BrFN4O5S2. The molecule has 13 heteroatoms. The molecule has 1 atom stereocenters. The Balaban J connectivity index is 1.86. The molecule has 0 bridgehead atoms. The molecule has 1 fully saturated rings. The topological polar surface area (TPSA) is 110 Å². The molecule has 176 valence electrons. The summed E-state index contributed by atoms with van der Waals surface area (Å²) in [5, 5.41) is 5.55. The number of amidine groups is 1. The molecule has 1 aromatic heterocycles. The van der Waals surface area contributed by atoms with E-state index in [0.29, 0.717) is 52.9 Å². The van der Waals surface area contributed by atoms with E-state index in [-0.39, 0.29) is 12.1 Å². The standard InChI is InChI=1S/C20H20BrFN4O5S2/c1-33(28,29)31-20(27)16-15(11-26-5-7-30-8-6-26)24-18(19-23-4-9-32-19)25-17(16)13-3-2-12(22)10-14(13)21/h2-4,9-10,17H,5-8,11H2,1H3,(H,24,25). The monoisotopic (exact) mass is 558 g/mol. The van der Waals surface area contributed by atoms with Crippen LogP contribution in [0.2, 0.25) is 0 Å². The van der Waals surface area contributed by atoms with Crippen molar-refractivity contribution < 1.29 is 26.5 Å². The predicted molar refractivity (Wildman–Crippen MR) is 124 cm³/mol. The van der Waals surface area contributed by atoms with Gasteiger partial charge < -0.3 is 14.2 Å². The van der Waals surface area contributed by atoms with Crippen molar-refractivity contribution in [1.82, 2.24) is 15.2 Å². The number of nitrogens with one attached hydrogen (secondary N) is 1. The molecule has 2 aliphatic heterocycles.